The number of carbonyl (C=O) groups is 2. The number of aryl methyl sites for hydroxylation is 1. The van der Waals surface area contributed by atoms with Crippen molar-refractivity contribution in [2.75, 3.05) is 19.8 Å². The van der Waals surface area contributed by atoms with Crippen molar-refractivity contribution in [3.63, 3.8) is 0 Å². The molecule has 35 heavy (non-hydrogen) atoms. The van der Waals surface area contributed by atoms with Crippen LogP contribution in [-0.2, 0) is 4.79 Å². The molecule has 0 aromatic heterocycles. The van der Waals surface area contributed by atoms with Crippen molar-refractivity contribution >= 4 is 29.1 Å². The van der Waals surface area contributed by atoms with Crippen molar-refractivity contribution in [3.8, 4) is 17.2 Å². The van der Waals surface area contributed by atoms with Crippen LogP contribution in [0.5, 0.6) is 17.2 Å². The molecule has 0 saturated carbocycles. The minimum absolute atomic E-state index is 0.0577. The summed E-state index contributed by atoms with van der Waals surface area (Å²) in [5.74, 6) is 1.01. The first kappa shape index (κ1) is 25.5. The van der Waals surface area contributed by atoms with Gasteiger partial charge >= 0.3 is 0 Å². The minimum Gasteiger partial charge on any atom is -0.490 e. The number of para-hydroxylation sites is 1. The Kier molecular flexibility index (Phi) is 9.44. The lowest BCUT2D eigenvalue weighted by Gasteiger charge is -2.13. The van der Waals surface area contributed by atoms with Gasteiger partial charge in [0.25, 0.3) is 11.8 Å². The number of carbonyl (C=O) groups excluding carboxylic acids is 2. The summed E-state index contributed by atoms with van der Waals surface area (Å²) in [6, 6.07) is 21.7. The second-order valence-electron chi connectivity index (χ2n) is 7.48. The predicted octanol–water partition coefficient (Wildman–Crippen LogP) is 3.48. The van der Waals surface area contributed by atoms with E-state index in [1.54, 1.807) is 30.3 Å². The van der Waals surface area contributed by atoms with E-state index in [-0.39, 0.29) is 11.7 Å². The van der Waals surface area contributed by atoms with Crippen LogP contribution in [-0.4, -0.2) is 36.7 Å². The van der Waals surface area contributed by atoms with E-state index in [2.05, 4.69) is 16.2 Å². The molecule has 0 heterocycles. The molecule has 0 aliphatic rings. The van der Waals surface area contributed by atoms with Crippen LogP contribution < -0.4 is 30.4 Å². The molecule has 3 aromatic carbocycles. The molecule has 0 aliphatic heterocycles. The van der Waals surface area contributed by atoms with Gasteiger partial charge in [0, 0.05) is 5.56 Å². The molecule has 0 atom stereocenters. The number of amides is 2. The summed E-state index contributed by atoms with van der Waals surface area (Å²) in [6.45, 7) is 4.36. The van der Waals surface area contributed by atoms with E-state index in [1.165, 1.54) is 0 Å². The fourth-order valence-electron chi connectivity index (χ4n) is 2.96. The fraction of sp³-hybridized carbons (Fsp3) is 0.192. The molecule has 0 aliphatic carbocycles. The number of hydrogen-bond acceptors (Lipinski definition) is 6. The van der Waals surface area contributed by atoms with Crippen LogP contribution in [0.2, 0.25) is 0 Å². The maximum atomic E-state index is 12.5. The summed E-state index contributed by atoms with van der Waals surface area (Å²) in [5, 5.41) is 2.45. The van der Waals surface area contributed by atoms with Crippen molar-refractivity contribution < 1.29 is 23.8 Å². The molecule has 2 amide bonds. The van der Waals surface area contributed by atoms with E-state index in [0.29, 0.717) is 30.3 Å². The summed E-state index contributed by atoms with van der Waals surface area (Å²) in [6.07, 6.45) is 0. The van der Waals surface area contributed by atoms with Crippen LogP contribution >= 0.6 is 12.2 Å². The summed E-state index contributed by atoms with van der Waals surface area (Å²) in [4.78, 5) is 24.5. The zero-order chi connectivity index (χ0) is 25.0. The SMILES string of the molecule is Cc1cccc(OCC(=O)NNC(=S)NC(=O)c2cccc(OCCOc3ccccc3)c2)c1C. The molecule has 3 aromatic rings. The minimum atomic E-state index is -0.450. The van der Waals surface area contributed by atoms with Gasteiger partial charge in [-0.15, -0.1) is 0 Å². The summed E-state index contributed by atoms with van der Waals surface area (Å²) < 4.78 is 16.8. The molecule has 0 radical (unpaired) electrons. The van der Waals surface area contributed by atoms with Crippen molar-refractivity contribution in [2.45, 2.75) is 13.8 Å². The molecular formula is C26H27N3O5S. The number of nitrogens with one attached hydrogen (secondary N) is 3. The first-order valence-corrected chi connectivity index (χ1v) is 11.3. The quantitative estimate of drug-likeness (QED) is 0.239. The average molecular weight is 494 g/mol. The number of hydrogen-bond donors (Lipinski definition) is 3. The van der Waals surface area contributed by atoms with Gasteiger partial charge in [-0.3, -0.25) is 25.8 Å². The van der Waals surface area contributed by atoms with E-state index >= 15 is 0 Å². The second kappa shape index (κ2) is 13.0. The highest BCUT2D eigenvalue weighted by molar-refractivity contribution is 7.80. The number of rotatable bonds is 9. The van der Waals surface area contributed by atoms with Gasteiger partial charge in [0.2, 0.25) is 0 Å². The lowest BCUT2D eigenvalue weighted by molar-refractivity contribution is -0.123. The van der Waals surface area contributed by atoms with Crippen LogP contribution in [0.3, 0.4) is 0 Å². The monoisotopic (exact) mass is 493 g/mol. The van der Waals surface area contributed by atoms with Crippen LogP contribution in [0.25, 0.3) is 0 Å². The third kappa shape index (κ3) is 8.31. The Hall–Kier alpha value is -4.11. The van der Waals surface area contributed by atoms with E-state index < -0.39 is 11.8 Å². The Balaban J connectivity index is 1.38. The van der Waals surface area contributed by atoms with Gasteiger partial charge in [0.1, 0.15) is 30.5 Å². The standard InChI is InChI=1S/C26H27N3O5S/c1-18-8-6-13-23(19(18)2)34-17-24(30)28-29-26(35)27-25(31)20-9-7-12-22(16-20)33-15-14-32-21-10-4-3-5-11-21/h3-13,16H,14-15,17H2,1-2H3,(H,28,30)(H2,27,29,31,35). The van der Waals surface area contributed by atoms with Crippen LogP contribution in [0, 0.1) is 13.8 Å². The van der Waals surface area contributed by atoms with Crippen molar-refractivity contribution in [1.29, 1.82) is 0 Å². The maximum absolute atomic E-state index is 12.5. The lowest BCUT2D eigenvalue weighted by Crippen LogP contribution is -2.49. The van der Waals surface area contributed by atoms with Crippen LogP contribution in [0.4, 0.5) is 0 Å². The lowest BCUT2D eigenvalue weighted by atomic mass is 10.1. The van der Waals surface area contributed by atoms with Gasteiger partial charge in [-0.05, 0) is 73.6 Å². The van der Waals surface area contributed by atoms with Gasteiger partial charge in [0.05, 0.1) is 0 Å². The highest BCUT2D eigenvalue weighted by Gasteiger charge is 2.11. The predicted molar refractivity (Wildman–Crippen MR) is 137 cm³/mol. The molecule has 0 unspecified atom stereocenters. The summed E-state index contributed by atoms with van der Waals surface area (Å²) in [7, 11) is 0. The third-order valence-corrected chi connectivity index (χ3v) is 5.12. The second-order valence-corrected chi connectivity index (χ2v) is 7.89. The molecule has 182 valence electrons. The molecule has 0 spiro atoms. The Labute approximate surface area is 209 Å². The van der Waals surface area contributed by atoms with Gasteiger partial charge in [-0.1, -0.05) is 36.4 Å². The number of ether oxygens (including phenoxy) is 3. The average Bonchev–Trinajstić information content (AvgIpc) is 2.87. The largest absolute Gasteiger partial charge is 0.490 e. The molecule has 0 saturated heterocycles. The molecule has 3 rings (SSSR count). The van der Waals surface area contributed by atoms with Gasteiger partial charge < -0.3 is 14.2 Å². The molecule has 3 N–H and O–H groups in total. The molecule has 8 nitrogen and oxygen atoms in total. The topological polar surface area (TPSA) is 97.9 Å². The van der Waals surface area contributed by atoms with Crippen LogP contribution in [0.1, 0.15) is 21.5 Å². The maximum Gasteiger partial charge on any atom is 0.276 e. The number of thiocarbonyl (C=S) groups is 1. The van der Waals surface area contributed by atoms with E-state index in [1.807, 2.05) is 56.3 Å². The van der Waals surface area contributed by atoms with Crippen LogP contribution in [0.15, 0.2) is 72.8 Å². The molecule has 0 fully saturated rings. The van der Waals surface area contributed by atoms with Gasteiger partial charge in [-0.2, -0.15) is 0 Å². The van der Waals surface area contributed by atoms with Crippen molar-refractivity contribution in [3.05, 3.63) is 89.5 Å². The van der Waals surface area contributed by atoms with Gasteiger partial charge in [0.15, 0.2) is 11.7 Å². The molecule has 0 bridgehead atoms. The van der Waals surface area contributed by atoms with Gasteiger partial charge in [-0.25, -0.2) is 0 Å². The highest BCUT2D eigenvalue weighted by atomic mass is 32.1. The first-order valence-electron chi connectivity index (χ1n) is 10.9. The molecular weight excluding hydrogens is 466 g/mol. The van der Waals surface area contributed by atoms with E-state index in [4.69, 9.17) is 26.4 Å². The third-order valence-electron chi connectivity index (χ3n) is 4.92. The molecule has 9 heteroatoms. The number of benzene rings is 3. The van der Waals surface area contributed by atoms with E-state index in [0.717, 1.165) is 16.9 Å². The Bertz CT molecular complexity index is 1170. The highest BCUT2D eigenvalue weighted by Crippen LogP contribution is 2.20. The Morgan fingerprint density at radius 1 is 0.800 bits per heavy atom. The zero-order valence-electron chi connectivity index (χ0n) is 19.5. The fourth-order valence-corrected chi connectivity index (χ4v) is 3.10. The first-order chi connectivity index (χ1) is 16.9. The summed E-state index contributed by atoms with van der Waals surface area (Å²) in [5.41, 5.74) is 7.26. The normalized spacial score (nSPS) is 10.1. The van der Waals surface area contributed by atoms with E-state index in [9.17, 15) is 9.59 Å². The Morgan fingerprint density at radius 3 is 2.26 bits per heavy atom. The Morgan fingerprint density at radius 2 is 1.49 bits per heavy atom. The van der Waals surface area contributed by atoms with Crippen molar-refractivity contribution in [2.24, 2.45) is 0 Å². The van der Waals surface area contributed by atoms with Crippen molar-refractivity contribution in [1.82, 2.24) is 16.2 Å². The summed E-state index contributed by atoms with van der Waals surface area (Å²) >= 11 is 5.08. The smallest absolute Gasteiger partial charge is 0.276 e. The zero-order valence-corrected chi connectivity index (χ0v) is 20.3. The number of hydrazine groups is 1.